The first-order chi connectivity index (χ1) is 9.54. The van der Waals surface area contributed by atoms with E-state index in [9.17, 15) is 0 Å². The van der Waals surface area contributed by atoms with Crippen LogP contribution in [0.4, 0.5) is 5.82 Å². The Bertz CT molecular complexity index is 612. The Hall–Kier alpha value is -2.34. The lowest BCUT2D eigenvalue weighted by Crippen LogP contribution is -2.37. The number of anilines is 1. The molecule has 1 unspecified atom stereocenters. The van der Waals surface area contributed by atoms with Crippen LogP contribution in [0.2, 0.25) is 0 Å². The average molecular weight is 265 g/mol. The third-order valence-corrected chi connectivity index (χ3v) is 3.83. The molecule has 0 spiro atoms. The molecule has 0 amide bonds. The van der Waals surface area contributed by atoms with Crippen LogP contribution in [-0.2, 0) is 5.41 Å². The van der Waals surface area contributed by atoms with E-state index in [1.807, 2.05) is 18.2 Å². The molecule has 0 fully saturated rings. The van der Waals surface area contributed by atoms with Crippen LogP contribution < -0.4 is 5.32 Å². The van der Waals surface area contributed by atoms with Crippen molar-refractivity contribution >= 4 is 5.82 Å². The number of rotatable bonds is 4. The van der Waals surface area contributed by atoms with Crippen LogP contribution in [0.1, 0.15) is 32.0 Å². The van der Waals surface area contributed by atoms with Crippen molar-refractivity contribution in [2.24, 2.45) is 0 Å². The van der Waals surface area contributed by atoms with Crippen molar-refractivity contribution in [3.8, 4) is 6.07 Å². The maximum absolute atomic E-state index is 8.89. The fourth-order valence-electron chi connectivity index (χ4n) is 2.10. The molecule has 2 aromatic rings. The van der Waals surface area contributed by atoms with Gasteiger partial charge in [0.2, 0.25) is 0 Å². The zero-order chi connectivity index (χ0) is 14.6. The molecule has 0 bridgehead atoms. The summed E-state index contributed by atoms with van der Waals surface area (Å²) in [4.78, 5) is 4.27. The maximum atomic E-state index is 8.89. The number of nitrogens with one attached hydrogen (secondary N) is 1. The maximum Gasteiger partial charge on any atom is 0.142 e. The molecule has 3 heteroatoms. The summed E-state index contributed by atoms with van der Waals surface area (Å²) in [7, 11) is 0. The van der Waals surface area contributed by atoms with Crippen LogP contribution >= 0.6 is 0 Å². The van der Waals surface area contributed by atoms with Gasteiger partial charge in [0.1, 0.15) is 17.6 Å². The number of hydrogen-bond donors (Lipinski definition) is 1. The average Bonchev–Trinajstić information content (AvgIpc) is 2.48. The van der Waals surface area contributed by atoms with Gasteiger partial charge in [0, 0.05) is 11.5 Å². The number of pyridine rings is 1. The molecule has 0 radical (unpaired) electrons. The van der Waals surface area contributed by atoms with E-state index in [1.165, 1.54) is 5.56 Å². The summed E-state index contributed by atoms with van der Waals surface area (Å²) in [6.07, 6.45) is 0. The van der Waals surface area contributed by atoms with Crippen LogP contribution in [0.5, 0.6) is 0 Å². The summed E-state index contributed by atoms with van der Waals surface area (Å²) in [6.45, 7) is 6.54. The van der Waals surface area contributed by atoms with Crippen molar-refractivity contribution in [3.63, 3.8) is 0 Å². The second-order valence-electron chi connectivity index (χ2n) is 5.47. The number of nitriles is 1. The summed E-state index contributed by atoms with van der Waals surface area (Å²) in [5.41, 5.74) is 1.67. The third kappa shape index (κ3) is 2.97. The lowest BCUT2D eigenvalue weighted by molar-refractivity contribution is 0.457. The van der Waals surface area contributed by atoms with Crippen molar-refractivity contribution in [3.05, 3.63) is 59.8 Å². The van der Waals surface area contributed by atoms with Crippen LogP contribution in [0, 0.1) is 11.3 Å². The zero-order valence-electron chi connectivity index (χ0n) is 12.1. The molecule has 0 saturated heterocycles. The summed E-state index contributed by atoms with van der Waals surface area (Å²) in [5, 5.41) is 12.3. The summed E-state index contributed by atoms with van der Waals surface area (Å²) < 4.78 is 0. The quantitative estimate of drug-likeness (QED) is 0.916. The molecule has 1 atom stereocenters. The van der Waals surface area contributed by atoms with E-state index in [0.717, 1.165) is 5.82 Å². The van der Waals surface area contributed by atoms with E-state index in [4.69, 9.17) is 5.26 Å². The molecule has 102 valence electrons. The van der Waals surface area contributed by atoms with Gasteiger partial charge in [-0.1, -0.05) is 50.2 Å². The summed E-state index contributed by atoms with van der Waals surface area (Å²) >= 11 is 0. The zero-order valence-corrected chi connectivity index (χ0v) is 12.1. The van der Waals surface area contributed by atoms with Gasteiger partial charge < -0.3 is 5.32 Å². The van der Waals surface area contributed by atoms with Gasteiger partial charge in [-0.15, -0.1) is 0 Å². The van der Waals surface area contributed by atoms with Gasteiger partial charge in [-0.05, 0) is 24.6 Å². The normalized spacial score (nSPS) is 12.5. The molecule has 1 aromatic carbocycles. The fraction of sp³-hybridized carbons (Fsp3) is 0.294. The largest absolute Gasteiger partial charge is 0.367 e. The smallest absolute Gasteiger partial charge is 0.142 e. The van der Waals surface area contributed by atoms with Crippen LogP contribution in [-0.4, -0.2) is 11.0 Å². The first-order valence-corrected chi connectivity index (χ1v) is 6.73. The van der Waals surface area contributed by atoms with Crippen LogP contribution in [0.25, 0.3) is 0 Å². The van der Waals surface area contributed by atoms with E-state index >= 15 is 0 Å². The standard InChI is InChI=1S/C17H19N3/c1-13(17(2,3)14-8-5-4-6-9-14)19-16-11-7-10-15(12-18)20-16/h4-11,13H,1-3H3,(H,19,20). The van der Waals surface area contributed by atoms with Crippen molar-refractivity contribution in [1.82, 2.24) is 4.98 Å². The van der Waals surface area contributed by atoms with E-state index in [0.29, 0.717) is 5.69 Å². The highest BCUT2D eigenvalue weighted by Gasteiger charge is 2.27. The lowest BCUT2D eigenvalue weighted by Gasteiger charge is -2.33. The van der Waals surface area contributed by atoms with E-state index in [-0.39, 0.29) is 11.5 Å². The van der Waals surface area contributed by atoms with Gasteiger partial charge in [0.15, 0.2) is 0 Å². The molecule has 20 heavy (non-hydrogen) atoms. The minimum Gasteiger partial charge on any atom is -0.367 e. The van der Waals surface area contributed by atoms with Crippen molar-refractivity contribution in [2.75, 3.05) is 5.32 Å². The Morgan fingerprint density at radius 1 is 1.10 bits per heavy atom. The van der Waals surface area contributed by atoms with Gasteiger partial charge >= 0.3 is 0 Å². The lowest BCUT2D eigenvalue weighted by atomic mass is 9.78. The summed E-state index contributed by atoms with van der Waals surface area (Å²) in [5.74, 6) is 0.737. The molecule has 1 heterocycles. The topological polar surface area (TPSA) is 48.7 Å². The van der Waals surface area contributed by atoms with Gasteiger partial charge in [-0.2, -0.15) is 5.26 Å². The van der Waals surface area contributed by atoms with Gasteiger partial charge in [-0.25, -0.2) is 4.98 Å². The first-order valence-electron chi connectivity index (χ1n) is 6.73. The van der Waals surface area contributed by atoms with Crippen LogP contribution in [0.3, 0.4) is 0 Å². The molecule has 2 rings (SSSR count). The van der Waals surface area contributed by atoms with Crippen molar-refractivity contribution < 1.29 is 0 Å². The molecule has 0 aliphatic carbocycles. The van der Waals surface area contributed by atoms with Crippen molar-refractivity contribution in [1.29, 1.82) is 5.26 Å². The number of aromatic nitrogens is 1. The third-order valence-electron chi connectivity index (χ3n) is 3.83. The minimum atomic E-state index is -0.0361. The SMILES string of the molecule is CC(Nc1cccc(C#N)n1)C(C)(C)c1ccccc1. The second kappa shape index (κ2) is 5.75. The Labute approximate surface area is 120 Å². The Morgan fingerprint density at radius 3 is 2.45 bits per heavy atom. The molecule has 0 saturated carbocycles. The Kier molecular flexibility index (Phi) is 4.05. The van der Waals surface area contributed by atoms with E-state index in [2.05, 4.69) is 61.4 Å². The number of hydrogen-bond acceptors (Lipinski definition) is 3. The summed E-state index contributed by atoms with van der Waals surface area (Å²) in [6, 6.07) is 18.1. The van der Waals surface area contributed by atoms with Gasteiger partial charge in [0.05, 0.1) is 0 Å². The molecule has 1 N–H and O–H groups in total. The molecule has 3 nitrogen and oxygen atoms in total. The highest BCUT2D eigenvalue weighted by molar-refractivity contribution is 5.41. The number of nitrogens with zero attached hydrogens (tertiary/aromatic N) is 2. The van der Waals surface area contributed by atoms with E-state index < -0.39 is 0 Å². The fourth-order valence-corrected chi connectivity index (χ4v) is 2.10. The van der Waals surface area contributed by atoms with Gasteiger partial charge in [0.25, 0.3) is 0 Å². The number of benzene rings is 1. The Morgan fingerprint density at radius 2 is 1.80 bits per heavy atom. The molecule has 0 aliphatic rings. The Balaban J connectivity index is 2.19. The first kappa shape index (κ1) is 14.1. The highest BCUT2D eigenvalue weighted by Crippen LogP contribution is 2.28. The van der Waals surface area contributed by atoms with Gasteiger partial charge in [-0.3, -0.25) is 0 Å². The van der Waals surface area contributed by atoms with Crippen LogP contribution in [0.15, 0.2) is 48.5 Å². The minimum absolute atomic E-state index is 0.0361. The molecule has 0 aliphatic heterocycles. The molecule has 1 aromatic heterocycles. The second-order valence-corrected chi connectivity index (χ2v) is 5.47. The molecular formula is C17H19N3. The van der Waals surface area contributed by atoms with Crippen molar-refractivity contribution in [2.45, 2.75) is 32.2 Å². The highest BCUT2D eigenvalue weighted by atomic mass is 15.0. The predicted octanol–water partition coefficient (Wildman–Crippen LogP) is 3.73. The predicted molar refractivity (Wildman–Crippen MR) is 81.5 cm³/mol. The monoisotopic (exact) mass is 265 g/mol. The molecular weight excluding hydrogens is 246 g/mol. The van der Waals surface area contributed by atoms with E-state index in [1.54, 1.807) is 6.07 Å².